The topological polar surface area (TPSA) is 87.7 Å². The Balaban J connectivity index is 2.13. The summed E-state index contributed by atoms with van der Waals surface area (Å²) in [5, 5.41) is 13.3. The van der Waals surface area contributed by atoms with Crippen molar-refractivity contribution in [1.82, 2.24) is 4.72 Å². The molecule has 0 saturated carbocycles. The molecule has 1 heterocycles. The lowest BCUT2D eigenvalue weighted by molar-refractivity contribution is 0.0381. The number of rotatable bonds is 7. The molecule has 1 saturated heterocycles. The second kappa shape index (κ2) is 6.74. The molecule has 0 spiro atoms. The molecule has 1 atom stereocenters. The van der Waals surface area contributed by atoms with E-state index in [4.69, 9.17) is 4.74 Å². The molecule has 2 rings (SSSR count). The predicted molar refractivity (Wildman–Crippen MR) is 80.8 cm³/mol. The van der Waals surface area contributed by atoms with Crippen molar-refractivity contribution in [2.45, 2.75) is 30.3 Å². The van der Waals surface area contributed by atoms with Gasteiger partial charge in [-0.25, -0.2) is 13.1 Å². The number of hydrogen-bond acceptors (Lipinski definition) is 5. The lowest BCUT2D eigenvalue weighted by atomic mass is 10.0. The number of hydrogen-bond donors (Lipinski definition) is 3. The van der Waals surface area contributed by atoms with Gasteiger partial charge in [0.05, 0.1) is 12.3 Å². The zero-order chi connectivity index (χ0) is 15.3. The van der Waals surface area contributed by atoms with Gasteiger partial charge in [0, 0.05) is 26.1 Å². The van der Waals surface area contributed by atoms with E-state index in [9.17, 15) is 13.5 Å². The van der Waals surface area contributed by atoms with E-state index in [0.717, 1.165) is 6.42 Å². The minimum Gasteiger partial charge on any atom is -0.386 e. The molecule has 0 amide bonds. The Labute approximate surface area is 125 Å². The normalized spacial score (nSPS) is 22.4. The Bertz CT molecular complexity index is 568. The van der Waals surface area contributed by atoms with Gasteiger partial charge in [0.25, 0.3) is 0 Å². The second-order valence-corrected chi connectivity index (χ2v) is 7.01. The van der Waals surface area contributed by atoms with Gasteiger partial charge in [0.2, 0.25) is 10.0 Å². The summed E-state index contributed by atoms with van der Waals surface area (Å²) in [5.74, 6) is 0. The van der Waals surface area contributed by atoms with Crippen LogP contribution >= 0.6 is 0 Å². The molecule has 6 nitrogen and oxygen atoms in total. The highest BCUT2D eigenvalue weighted by Crippen LogP contribution is 2.24. The standard InChI is InChI=1S/C14H22N2O4S/c1-2-8-16-21(18,19)13-6-4-3-5-12(13)15-10-14(17)7-9-20-11-14/h3-6,15-17H,2,7-11H2,1H3. The maximum atomic E-state index is 12.2. The van der Waals surface area contributed by atoms with Gasteiger partial charge in [0.1, 0.15) is 10.5 Å². The van der Waals surface area contributed by atoms with Crippen molar-refractivity contribution >= 4 is 15.7 Å². The lowest BCUT2D eigenvalue weighted by Crippen LogP contribution is -2.37. The Kier molecular flexibility index (Phi) is 5.21. The molecule has 7 heteroatoms. The lowest BCUT2D eigenvalue weighted by Gasteiger charge is -2.22. The third-order valence-electron chi connectivity index (χ3n) is 3.41. The van der Waals surface area contributed by atoms with E-state index in [1.165, 1.54) is 0 Å². The van der Waals surface area contributed by atoms with E-state index >= 15 is 0 Å². The molecule has 1 fully saturated rings. The van der Waals surface area contributed by atoms with Gasteiger partial charge < -0.3 is 15.2 Å². The number of nitrogens with one attached hydrogen (secondary N) is 2. The fraction of sp³-hybridized carbons (Fsp3) is 0.571. The smallest absolute Gasteiger partial charge is 0.242 e. The zero-order valence-electron chi connectivity index (χ0n) is 12.1. The van der Waals surface area contributed by atoms with Crippen LogP contribution in [0.25, 0.3) is 0 Å². The summed E-state index contributed by atoms with van der Waals surface area (Å²) in [6.45, 7) is 3.35. The average Bonchev–Trinajstić information content (AvgIpc) is 2.91. The van der Waals surface area contributed by atoms with Gasteiger partial charge in [0.15, 0.2) is 0 Å². The number of aliphatic hydroxyl groups is 1. The van der Waals surface area contributed by atoms with E-state index in [2.05, 4.69) is 10.0 Å². The van der Waals surface area contributed by atoms with E-state index in [1.54, 1.807) is 24.3 Å². The molecular weight excluding hydrogens is 292 g/mol. The Hall–Kier alpha value is -1.15. The quantitative estimate of drug-likeness (QED) is 0.697. The van der Waals surface area contributed by atoms with Crippen LogP contribution in [0.2, 0.25) is 0 Å². The van der Waals surface area contributed by atoms with Gasteiger partial charge in [-0.3, -0.25) is 0 Å². The first-order chi connectivity index (χ1) is 9.97. The number of sulfonamides is 1. The summed E-state index contributed by atoms with van der Waals surface area (Å²) < 4.78 is 32.2. The van der Waals surface area contributed by atoms with Crippen molar-refractivity contribution in [3.8, 4) is 0 Å². The summed E-state index contributed by atoms with van der Waals surface area (Å²) in [4.78, 5) is 0.195. The van der Waals surface area contributed by atoms with Gasteiger partial charge in [-0.05, 0) is 18.6 Å². The molecule has 0 aliphatic carbocycles. The van der Waals surface area contributed by atoms with Crippen molar-refractivity contribution < 1.29 is 18.3 Å². The maximum absolute atomic E-state index is 12.2. The summed E-state index contributed by atoms with van der Waals surface area (Å²) in [6.07, 6.45) is 1.27. The summed E-state index contributed by atoms with van der Waals surface area (Å²) in [5.41, 5.74) is -0.449. The Morgan fingerprint density at radius 3 is 2.81 bits per heavy atom. The fourth-order valence-corrected chi connectivity index (χ4v) is 3.47. The van der Waals surface area contributed by atoms with Crippen LogP contribution in [0.15, 0.2) is 29.2 Å². The van der Waals surface area contributed by atoms with Crippen molar-refractivity contribution in [2.75, 3.05) is 31.6 Å². The Morgan fingerprint density at radius 1 is 1.38 bits per heavy atom. The molecule has 21 heavy (non-hydrogen) atoms. The van der Waals surface area contributed by atoms with Crippen LogP contribution in [-0.4, -0.2) is 45.4 Å². The molecule has 3 N–H and O–H groups in total. The average molecular weight is 314 g/mol. The minimum absolute atomic E-state index is 0.195. The maximum Gasteiger partial charge on any atom is 0.242 e. The third kappa shape index (κ3) is 4.16. The number of anilines is 1. The highest BCUT2D eigenvalue weighted by molar-refractivity contribution is 7.89. The van der Waals surface area contributed by atoms with Crippen LogP contribution in [-0.2, 0) is 14.8 Å². The first-order valence-corrected chi connectivity index (χ1v) is 8.58. The van der Waals surface area contributed by atoms with Crippen molar-refractivity contribution in [1.29, 1.82) is 0 Å². The van der Waals surface area contributed by atoms with Gasteiger partial charge in [-0.2, -0.15) is 0 Å². The van der Waals surface area contributed by atoms with Crippen LogP contribution in [0.1, 0.15) is 19.8 Å². The minimum atomic E-state index is -3.54. The van der Waals surface area contributed by atoms with Gasteiger partial charge >= 0.3 is 0 Å². The highest BCUT2D eigenvalue weighted by Gasteiger charge is 2.32. The molecule has 1 aliphatic heterocycles. The number of para-hydroxylation sites is 1. The molecule has 0 radical (unpaired) electrons. The largest absolute Gasteiger partial charge is 0.386 e. The molecule has 118 valence electrons. The predicted octanol–water partition coefficient (Wildman–Crippen LogP) is 0.938. The van der Waals surface area contributed by atoms with E-state index < -0.39 is 15.6 Å². The van der Waals surface area contributed by atoms with E-state index in [1.807, 2.05) is 6.92 Å². The van der Waals surface area contributed by atoms with Crippen molar-refractivity contribution in [3.05, 3.63) is 24.3 Å². The molecule has 0 bridgehead atoms. The van der Waals surface area contributed by atoms with Gasteiger partial charge in [-0.1, -0.05) is 19.1 Å². The zero-order valence-corrected chi connectivity index (χ0v) is 12.9. The van der Waals surface area contributed by atoms with Crippen LogP contribution in [0.3, 0.4) is 0 Å². The van der Waals surface area contributed by atoms with Crippen LogP contribution in [0.4, 0.5) is 5.69 Å². The van der Waals surface area contributed by atoms with Crippen molar-refractivity contribution in [3.63, 3.8) is 0 Å². The second-order valence-electron chi connectivity index (χ2n) is 5.27. The Morgan fingerprint density at radius 2 is 2.14 bits per heavy atom. The monoisotopic (exact) mass is 314 g/mol. The molecule has 1 unspecified atom stereocenters. The summed E-state index contributed by atoms with van der Waals surface area (Å²) in [6, 6.07) is 6.69. The van der Waals surface area contributed by atoms with Crippen molar-refractivity contribution in [2.24, 2.45) is 0 Å². The van der Waals surface area contributed by atoms with Crippen LogP contribution in [0, 0.1) is 0 Å². The number of benzene rings is 1. The number of ether oxygens (including phenoxy) is 1. The third-order valence-corrected chi connectivity index (χ3v) is 4.93. The highest BCUT2D eigenvalue weighted by atomic mass is 32.2. The van der Waals surface area contributed by atoms with E-state index in [-0.39, 0.29) is 18.0 Å². The first kappa shape index (κ1) is 16.2. The van der Waals surface area contributed by atoms with Crippen LogP contribution in [0.5, 0.6) is 0 Å². The van der Waals surface area contributed by atoms with E-state index in [0.29, 0.717) is 25.3 Å². The molecular formula is C14H22N2O4S. The summed E-state index contributed by atoms with van der Waals surface area (Å²) in [7, 11) is -3.54. The fourth-order valence-electron chi connectivity index (χ4n) is 2.16. The molecule has 1 aliphatic rings. The van der Waals surface area contributed by atoms with Gasteiger partial charge in [-0.15, -0.1) is 0 Å². The van der Waals surface area contributed by atoms with Crippen LogP contribution < -0.4 is 10.0 Å². The first-order valence-electron chi connectivity index (χ1n) is 7.09. The SMILES string of the molecule is CCCNS(=O)(=O)c1ccccc1NCC1(O)CCOC1. The molecule has 1 aromatic rings. The molecule has 0 aromatic heterocycles. The summed E-state index contributed by atoms with van der Waals surface area (Å²) >= 11 is 0. The molecule has 1 aromatic carbocycles.